The Bertz CT molecular complexity index is 317. The lowest BCUT2D eigenvalue weighted by Gasteiger charge is -2.43. The van der Waals surface area contributed by atoms with E-state index in [1.165, 1.54) is 77.0 Å². The van der Waals surface area contributed by atoms with Gasteiger partial charge in [0.1, 0.15) is 0 Å². The molecule has 0 heterocycles. The highest BCUT2D eigenvalue weighted by atomic mass is 35.5. The first kappa shape index (κ1) is 19.8. The van der Waals surface area contributed by atoms with Crippen molar-refractivity contribution in [2.75, 3.05) is 6.61 Å². The van der Waals surface area contributed by atoms with Crippen LogP contribution in [0.1, 0.15) is 90.9 Å². The van der Waals surface area contributed by atoms with E-state index in [0.717, 1.165) is 11.8 Å². The number of nitrogens with one attached hydrogen (secondary N) is 1. The summed E-state index contributed by atoms with van der Waals surface area (Å²) in [5.74, 6) is 2.53. The van der Waals surface area contributed by atoms with Gasteiger partial charge in [-0.3, -0.25) is 5.41 Å². The Balaban J connectivity index is 0.00000242. The first-order valence-electron chi connectivity index (χ1n) is 9.43. The van der Waals surface area contributed by atoms with E-state index in [4.69, 9.17) is 10.1 Å². The highest BCUT2D eigenvalue weighted by molar-refractivity contribution is 5.85. The molecule has 1 N–H and O–H groups in total. The number of halogens is 1. The van der Waals surface area contributed by atoms with Crippen LogP contribution in [-0.4, -0.2) is 12.5 Å². The van der Waals surface area contributed by atoms with Crippen LogP contribution < -0.4 is 0 Å². The molecule has 0 bridgehead atoms. The van der Waals surface area contributed by atoms with Crippen molar-refractivity contribution in [3.8, 4) is 0 Å². The smallest absolute Gasteiger partial charge is 0.186 e. The molecule has 2 fully saturated rings. The summed E-state index contributed by atoms with van der Waals surface area (Å²) in [5, 5.41) is 8.40. The summed E-state index contributed by atoms with van der Waals surface area (Å²) in [6.45, 7) is 4.92. The monoisotopic (exact) mass is 329 g/mol. The molecule has 0 radical (unpaired) electrons. The zero-order chi connectivity index (χ0) is 15.1. The van der Waals surface area contributed by atoms with Crippen molar-refractivity contribution in [2.45, 2.75) is 90.9 Å². The van der Waals surface area contributed by atoms with Gasteiger partial charge in [-0.2, -0.15) is 0 Å². The highest BCUT2D eigenvalue weighted by Crippen LogP contribution is 2.48. The van der Waals surface area contributed by atoms with Crippen molar-refractivity contribution in [1.29, 1.82) is 5.41 Å². The molecule has 2 saturated carbocycles. The van der Waals surface area contributed by atoms with Crippen molar-refractivity contribution in [2.24, 2.45) is 17.3 Å². The van der Waals surface area contributed by atoms with E-state index in [2.05, 4.69) is 6.92 Å². The van der Waals surface area contributed by atoms with Crippen LogP contribution in [0.2, 0.25) is 0 Å². The summed E-state index contributed by atoms with van der Waals surface area (Å²) in [5.41, 5.74) is 0.0805. The molecule has 130 valence electrons. The Labute approximate surface area is 143 Å². The van der Waals surface area contributed by atoms with Gasteiger partial charge in [0.15, 0.2) is 5.90 Å². The van der Waals surface area contributed by atoms with Gasteiger partial charge in [-0.1, -0.05) is 51.9 Å². The first-order chi connectivity index (χ1) is 10.2. The Morgan fingerprint density at radius 1 is 1.00 bits per heavy atom. The van der Waals surface area contributed by atoms with Gasteiger partial charge < -0.3 is 4.74 Å². The molecule has 0 atom stereocenters. The van der Waals surface area contributed by atoms with Crippen molar-refractivity contribution in [3.05, 3.63) is 0 Å². The third kappa shape index (κ3) is 4.88. The normalized spacial score (nSPS) is 29.6. The molecule has 2 aliphatic carbocycles. The molecule has 0 aromatic carbocycles. The second kappa shape index (κ2) is 9.80. The maximum Gasteiger partial charge on any atom is 0.186 e. The fraction of sp³-hybridized carbons (Fsp3) is 0.947. The highest BCUT2D eigenvalue weighted by Gasteiger charge is 2.41. The minimum atomic E-state index is 0. The lowest BCUT2D eigenvalue weighted by Crippen LogP contribution is -2.38. The van der Waals surface area contributed by atoms with Crippen LogP contribution in [0.3, 0.4) is 0 Å². The predicted molar refractivity (Wildman–Crippen MR) is 97.1 cm³/mol. The lowest BCUT2D eigenvalue weighted by molar-refractivity contribution is 0.114. The summed E-state index contributed by atoms with van der Waals surface area (Å²) in [4.78, 5) is 0. The van der Waals surface area contributed by atoms with E-state index >= 15 is 0 Å². The second-order valence-electron chi connectivity index (χ2n) is 7.38. The molecular formula is C19H36ClNO. The zero-order valence-electron chi connectivity index (χ0n) is 14.7. The van der Waals surface area contributed by atoms with Crippen LogP contribution in [0.4, 0.5) is 0 Å². The van der Waals surface area contributed by atoms with E-state index < -0.39 is 0 Å². The Hall–Kier alpha value is -0.240. The van der Waals surface area contributed by atoms with Crippen molar-refractivity contribution in [3.63, 3.8) is 0 Å². The predicted octanol–water partition coefficient (Wildman–Crippen LogP) is 6.37. The molecule has 0 aliphatic heterocycles. The molecule has 0 aromatic heterocycles. The van der Waals surface area contributed by atoms with Crippen LogP contribution in [0.25, 0.3) is 0 Å². The number of ether oxygens (including phenoxy) is 1. The number of rotatable bonds is 6. The topological polar surface area (TPSA) is 33.1 Å². The third-order valence-electron chi connectivity index (χ3n) is 6.08. The molecule has 0 spiro atoms. The largest absolute Gasteiger partial charge is 0.481 e. The Kier molecular flexibility index (Phi) is 8.82. The van der Waals surface area contributed by atoms with Crippen LogP contribution in [0, 0.1) is 22.7 Å². The zero-order valence-corrected chi connectivity index (χ0v) is 15.5. The van der Waals surface area contributed by atoms with Crippen LogP contribution in [0.15, 0.2) is 0 Å². The maximum absolute atomic E-state index is 8.40. The average molecular weight is 330 g/mol. The van der Waals surface area contributed by atoms with Gasteiger partial charge in [0.25, 0.3) is 0 Å². The number of unbranched alkanes of at least 4 members (excludes halogenated alkanes) is 1. The maximum atomic E-state index is 8.40. The van der Waals surface area contributed by atoms with E-state index in [-0.39, 0.29) is 17.8 Å². The van der Waals surface area contributed by atoms with Gasteiger partial charge in [-0.15, -0.1) is 12.4 Å². The molecule has 3 heteroatoms. The van der Waals surface area contributed by atoms with Crippen molar-refractivity contribution in [1.82, 2.24) is 0 Å². The van der Waals surface area contributed by atoms with E-state index in [1.807, 2.05) is 6.92 Å². The summed E-state index contributed by atoms with van der Waals surface area (Å²) >= 11 is 0. The van der Waals surface area contributed by atoms with Gasteiger partial charge in [0.05, 0.1) is 6.61 Å². The fourth-order valence-electron chi connectivity index (χ4n) is 4.67. The minimum Gasteiger partial charge on any atom is -0.481 e. The Morgan fingerprint density at radius 3 is 2.14 bits per heavy atom. The molecule has 2 rings (SSSR count). The molecule has 22 heavy (non-hydrogen) atoms. The van der Waals surface area contributed by atoms with Crippen LogP contribution >= 0.6 is 12.4 Å². The van der Waals surface area contributed by atoms with Crippen molar-refractivity contribution < 1.29 is 4.74 Å². The van der Waals surface area contributed by atoms with E-state index in [9.17, 15) is 0 Å². The van der Waals surface area contributed by atoms with Crippen molar-refractivity contribution >= 4 is 18.3 Å². The average Bonchev–Trinajstić information content (AvgIpc) is 2.54. The molecule has 0 aromatic rings. The van der Waals surface area contributed by atoms with Gasteiger partial charge in [-0.05, 0) is 50.9 Å². The summed E-state index contributed by atoms with van der Waals surface area (Å²) < 4.78 is 5.65. The van der Waals surface area contributed by atoms with Crippen LogP contribution in [0.5, 0.6) is 0 Å². The fourth-order valence-corrected chi connectivity index (χ4v) is 4.67. The quantitative estimate of drug-likeness (QED) is 0.445. The Morgan fingerprint density at radius 2 is 1.59 bits per heavy atom. The van der Waals surface area contributed by atoms with Gasteiger partial charge in [0.2, 0.25) is 0 Å². The molecule has 0 unspecified atom stereocenters. The van der Waals surface area contributed by atoms with Gasteiger partial charge in [-0.25, -0.2) is 0 Å². The summed E-state index contributed by atoms with van der Waals surface area (Å²) in [6.07, 6.45) is 16.0. The lowest BCUT2D eigenvalue weighted by atomic mass is 9.63. The van der Waals surface area contributed by atoms with E-state index in [0.29, 0.717) is 12.5 Å². The number of hydrogen-bond donors (Lipinski definition) is 1. The number of hydrogen-bond acceptors (Lipinski definition) is 2. The van der Waals surface area contributed by atoms with Crippen LogP contribution in [-0.2, 0) is 4.74 Å². The second-order valence-corrected chi connectivity index (χ2v) is 7.38. The molecule has 0 saturated heterocycles. The van der Waals surface area contributed by atoms with Gasteiger partial charge >= 0.3 is 0 Å². The third-order valence-corrected chi connectivity index (χ3v) is 6.08. The standard InChI is InChI=1S/C19H35NO.ClH/c1-3-5-13-19(18(20)21-4-2)14-11-17(12-15-19)16-9-7-6-8-10-16;/h16-17,20H,3-15H2,1-2H3;1H/t17-,19-;. The summed E-state index contributed by atoms with van der Waals surface area (Å²) in [6, 6.07) is 0. The van der Waals surface area contributed by atoms with E-state index in [1.54, 1.807) is 0 Å². The van der Waals surface area contributed by atoms with Gasteiger partial charge in [0, 0.05) is 5.41 Å². The first-order valence-corrected chi connectivity index (χ1v) is 9.43. The SMILES string of the molecule is CCCC[C@]1(C(=N)OCC)CC[C@H](C2CCCCC2)CC1.Cl. The minimum absolute atomic E-state index is 0. The molecular weight excluding hydrogens is 294 g/mol. The molecule has 2 aliphatic rings. The molecule has 2 nitrogen and oxygen atoms in total. The summed E-state index contributed by atoms with van der Waals surface area (Å²) in [7, 11) is 0. The molecule has 0 amide bonds.